The average molecular weight is 234 g/mol. The Hall–Kier alpha value is 0.210. The Labute approximate surface area is 131 Å². The van der Waals surface area contributed by atoms with E-state index in [0.29, 0.717) is 0 Å². The van der Waals surface area contributed by atoms with Crippen LogP contribution in [0.3, 0.4) is 0 Å². The number of hydrogen-bond acceptors (Lipinski definition) is 6. The fourth-order valence-corrected chi connectivity index (χ4v) is 0.597. The first-order valence-electron chi connectivity index (χ1n) is 3.40. The fourth-order valence-electron chi connectivity index (χ4n) is 0.597. The van der Waals surface area contributed by atoms with Gasteiger partial charge in [-0.15, -0.1) is 0 Å². The monoisotopic (exact) mass is 234 g/mol. The Balaban J connectivity index is -0.000000720. The van der Waals surface area contributed by atoms with Gasteiger partial charge in [0.2, 0.25) is 0 Å². The van der Waals surface area contributed by atoms with Gasteiger partial charge in [0.1, 0.15) is 0 Å². The summed E-state index contributed by atoms with van der Waals surface area (Å²) in [6.45, 7) is 2.46. The van der Waals surface area contributed by atoms with Gasteiger partial charge in [0, 0.05) is 0 Å². The normalized spacial score (nSPS) is 11.7. The first kappa shape index (κ1) is 20.6. The largest absolute Gasteiger partial charge is 1.00 e. The molecule has 0 unspecified atom stereocenters. The zero-order valence-corrected chi connectivity index (χ0v) is 13.1. The fraction of sp³-hybridized carbons (Fsp3) is 0.500. The van der Waals surface area contributed by atoms with Gasteiger partial charge in [0.05, 0.1) is 6.61 Å². The number of nitrogens with zero attached hydrogens (tertiary/aromatic N) is 2. The van der Waals surface area contributed by atoms with Crippen LogP contribution in [0.4, 0.5) is 0 Å². The van der Waals surface area contributed by atoms with Gasteiger partial charge in [-0.3, -0.25) is 0 Å². The Morgan fingerprint density at radius 2 is 1.93 bits per heavy atom. The minimum Gasteiger partial charge on any atom is -0.871 e. The quantitative estimate of drug-likeness (QED) is 0.0916. The maximum absolute atomic E-state index is 10.9. The summed E-state index contributed by atoms with van der Waals surface area (Å²) in [5.74, 6) is -2.02. The van der Waals surface area contributed by atoms with Crippen molar-refractivity contribution in [1.29, 1.82) is 0 Å². The molecular weight excluding hydrogens is 226 g/mol. The van der Waals surface area contributed by atoms with Crippen LogP contribution in [0.5, 0.6) is 0 Å². The van der Waals surface area contributed by atoms with Gasteiger partial charge in [0.25, 0.3) is 0 Å². The van der Waals surface area contributed by atoms with Gasteiger partial charge < -0.3 is 20.3 Å². The van der Waals surface area contributed by atoms with E-state index in [9.17, 15) is 20.3 Å². The van der Waals surface area contributed by atoms with Crippen LogP contribution < -0.4 is 64.2 Å². The SMILES string of the molecule is CCOC(=O)C(=C(/C)[O-])/[N+]([O-])=N/[O-].[Na+].[Na+]. The number of ether oxygens (including phenoxy) is 1. The van der Waals surface area contributed by atoms with Crippen LogP contribution in [0.15, 0.2) is 16.7 Å². The summed E-state index contributed by atoms with van der Waals surface area (Å²) in [5, 5.41) is 32.9. The third-order valence-electron chi connectivity index (χ3n) is 1.07. The summed E-state index contributed by atoms with van der Waals surface area (Å²) in [5.41, 5.74) is -0.920. The second-order valence-corrected chi connectivity index (χ2v) is 1.98. The van der Waals surface area contributed by atoms with Crippen LogP contribution in [0.1, 0.15) is 13.8 Å². The molecule has 0 aliphatic heterocycles. The van der Waals surface area contributed by atoms with Crippen molar-refractivity contribution >= 4 is 5.97 Å². The molecule has 0 aliphatic carbocycles. The molecule has 74 valence electrons. The molecule has 0 atom stereocenters. The second-order valence-electron chi connectivity index (χ2n) is 1.98. The molecule has 0 aromatic heterocycles. The Morgan fingerprint density at radius 3 is 2.20 bits per heavy atom. The number of rotatable bonds is 3. The molecule has 0 aromatic rings. The summed E-state index contributed by atoms with van der Waals surface area (Å²) in [7, 11) is 0. The standard InChI is InChI=1S/C6H10N2O5.2Na/c1-3-13-6(10)5(4(2)9)8(12)7-11;;/h9,11H,3H2,1-2H3;;/q;2*+1/p-2/b5-4+,8-7-;;. The van der Waals surface area contributed by atoms with E-state index in [1.165, 1.54) is 6.92 Å². The maximum Gasteiger partial charge on any atom is 1.00 e. The minimum atomic E-state index is -1.15. The summed E-state index contributed by atoms with van der Waals surface area (Å²) in [6.07, 6.45) is 0. The summed E-state index contributed by atoms with van der Waals surface area (Å²) in [6, 6.07) is 0. The van der Waals surface area contributed by atoms with E-state index in [4.69, 9.17) is 0 Å². The third kappa shape index (κ3) is 7.15. The van der Waals surface area contributed by atoms with Gasteiger partial charge >= 0.3 is 70.8 Å². The van der Waals surface area contributed by atoms with Crippen LogP contribution in [0.25, 0.3) is 0 Å². The van der Waals surface area contributed by atoms with Crippen molar-refractivity contribution < 1.29 is 78.6 Å². The molecule has 0 N–H and O–H groups in total. The van der Waals surface area contributed by atoms with E-state index in [1.54, 1.807) is 0 Å². The second kappa shape index (κ2) is 10.7. The van der Waals surface area contributed by atoms with Crippen LogP contribution in [0, 0.1) is 10.4 Å². The van der Waals surface area contributed by atoms with E-state index >= 15 is 0 Å². The van der Waals surface area contributed by atoms with E-state index in [0.717, 1.165) is 6.92 Å². The first-order valence-corrected chi connectivity index (χ1v) is 3.40. The van der Waals surface area contributed by atoms with Crippen molar-refractivity contribution in [2.45, 2.75) is 13.8 Å². The van der Waals surface area contributed by atoms with Crippen LogP contribution in [-0.2, 0) is 9.53 Å². The summed E-state index contributed by atoms with van der Waals surface area (Å²) >= 11 is 0. The molecule has 0 aliphatic rings. The van der Waals surface area contributed by atoms with Crippen LogP contribution in [0.2, 0.25) is 0 Å². The van der Waals surface area contributed by atoms with Crippen molar-refractivity contribution in [3.05, 3.63) is 21.9 Å². The molecule has 0 saturated carbocycles. The van der Waals surface area contributed by atoms with Gasteiger partial charge in [-0.2, -0.15) is 0 Å². The van der Waals surface area contributed by atoms with Gasteiger partial charge in [0.15, 0.2) is 0 Å². The molecule has 0 aromatic carbocycles. The topological polar surface area (TPSA) is 111 Å². The molecule has 0 fully saturated rings. The number of carbonyl (C=O) groups is 1. The van der Waals surface area contributed by atoms with Crippen molar-refractivity contribution in [3.63, 3.8) is 0 Å². The summed E-state index contributed by atoms with van der Waals surface area (Å²) in [4.78, 5) is 10.3. The molecular formula is C6H8N2Na2O5. The Kier molecular flexibility index (Phi) is 14.7. The first-order chi connectivity index (χ1) is 6.04. The van der Waals surface area contributed by atoms with Crippen molar-refractivity contribution in [1.82, 2.24) is 0 Å². The van der Waals surface area contributed by atoms with Gasteiger partial charge in [-0.25, -0.2) is 4.79 Å². The molecule has 0 spiro atoms. The molecule has 9 heteroatoms. The number of allylic oxidation sites excluding steroid dienone is 1. The van der Waals surface area contributed by atoms with Crippen molar-refractivity contribution in [2.75, 3.05) is 6.61 Å². The molecule has 0 heterocycles. The van der Waals surface area contributed by atoms with Crippen molar-refractivity contribution in [2.24, 2.45) is 5.28 Å². The molecule has 7 nitrogen and oxygen atoms in total. The molecule has 15 heavy (non-hydrogen) atoms. The predicted molar refractivity (Wildman–Crippen MR) is 38.8 cm³/mol. The Bertz CT molecular complexity index is 262. The number of esters is 1. The predicted octanol–water partition coefficient (Wildman–Crippen LogP) is -6.39. The van der Waals surface area contributed by atoms with Gasteiger partial charge in [-0.1, -0.05) is 4.86 Å². The van der Waals surface area contributed by atoms with Gasteiger partial charge in [-0.05, 0) is 24.9 Å². The van der Waals surface area contributed by atoms with Crippen molar-refractivity contribution in [3.8, 4) is 0 Å². The summed E-state index contributed by atoms with van der Waals surface area (Å²) < 4.78 is 4.35. The average Bonchev–Trinajstić information content (AvgIpc) is 2.04. The molecule has 0 bridgehead atoms. The molecule has 0 amide bonds. The van der Waals surface area contributed by atoms with Crippen LogP contribution >= 0.6 is 0 Å². The minimum absolute atomic E-state index is 0. The number of hydrogen-bond donors (Lipinski definition) is 0. The van der Waals surface area contributed by atoms with E-state index in [-0.39, 0.29) is 65.7 Å². The molecule has 0 rings (SSSR count). The molecule has 0 radical (unpaired) electrons. The zero-order valence-electron chi connectivity index (χ0n) is 9.14. The van der Waals surface area contributed by atoms with E-state index in [1.807, 2.05) is 5.28 Å². The van der Waals surface area contributed by atoms with E-state index in [2.05, 4.69) is 4.74 Å². The third-order valence-corrected chi connectivity index (χ3v) is 1.07. The zero-order chi connectivity index (χ0) is 10.4. The maximum atomic E-state index is 10.9. The molecule has 0 saturated heterocycles. The van der Waals surface area contributed by atoms with E-state index < -0.39 is 22.3 Å². The number of carbonyl (C=O) groups excluding carboxylic acids is 1. The Morgan fingerprint density at radius 1 is 1.47 bits per heavy atom. The van der Waals surface area contributed by atoms with Crippen LogP contribution in [-0.4, -0.2) is 17.4 Å². The smallest absolute Gasteiger partial charge is 0.871 e. The number of hydroxylamine groups is 1.